The highest BCUT2D eigenvalue weighted by Gasteiger charge is 2.12. The number of rotatable bonds is 10. The first-order valence-electron chi connectivity index (χ1n) is 9.98. The summed E-state index contributed by atoms with van der Waals surface area (Å²) in [7, 11) is 1.43. The van der Waals surface area contributed by atoms with E-state index in [0.717, 1.165) is 31.2 Å². The molecule has 0 unspecified atom stereocenters. The van der Waals surface area contributed by atoms with Gasteiger partial charge in [0, 0.05) is 19.6 Å². The second-order valence-corrected chi connectivity index (χ2v) is 6.70. The van der Waals surface area contributed by atoms with Crippen molar-refractivity contribution >= 4 is 5.96 Å². The maximum atomic E-state index is 12.5. The molecule has 0 saturated carbocycles. The average Bonchev–Trinajstić information content (AvgIpc) is 2.68. The molecular weight excluding hydrogens is 366 g/mol. The SMILES string of the molecule is CCNC(=NCCN1CCCCC1)NCCc1ccc(OC)c(OC(F)F)c1. The number of benzene rings is 1. The first-order chi connectivity index (χ1) is 13.6. The van der Waals surface area contributed by atoms with Crippen LogP contribution in [-0.2, 0) is 6.42 Å². The minimum atomic E-state index is -2.88. The van der Waals surface area contributed by atoms with Gasteiger partial charge in [0.1, 0.15) is 0 Å². The number of alkyl halides is 2. The molecule has 2 rings (SSSR count). The molecule has 0 atom stereocenters. The van der Waals surface area contributed by atoms with Crippen molar-refractivity contribution in [2.75, 3.05) is 46.4 Å². The normalized spacial score (nSPS) is 15.5. The van der Waals surface area contributed by atoms with Crippen molar-refractivity contribution < 1.29 is 18.3 Å². The molecule has 2 N–H and O–H groups in total. The van der Waals surface area contributed by atoms with Gasteiger partial charge in [0.15, 0.2) is 17.5 Å². The summed E-state index contributed by atoms with van der Waals surface area (Å²) in [5.74, 6) is 1.12. The number of ether oxygens (including phenoxy) is 2. The van der Waals surface area contributed by atoms with Crippen LogP contribution in [-0.4, -0.2) is 63.8 Å². The zero-order valence-electron chi connectivity index (χ0n) is 16.8. The highest BCUT2D eigenvalue weighted by Crippen LogP contribution is 2.29. The molecule has 0 aliphatic carbocycles. The van der Waals surface area contributed by atoms with Crippen LogP contribution in [0.2, 0.25) is 0 Å². The predicted octanol–water partition coefficient (Wildman–Crippen LogP) is 2.88. The van der Waals surface area contributed by atoms with Gasteiger partial charge in [-0.1, -0.05) is 12.5 Å². The molecule has 1 aromatic rings. The van der Waals surface area contributed by atoms with E-state index in [1.54, 1.807) is 12.1 Å². The summed E-state index contributed by atoms with van der Waals surface area (Å²) in [6.07, 6.45) is 4.54. The van der Waals surface area contributed by atoms with Crippen LogP contribution in [0.1, 0.15) is 31.7 Å². The molecule has 0 radical (unpaired) electrons. The Labute approximate surface area is 166 Å². The molecule has 1 aliphatic heterocycles. The fourth-order valence-corrected chi connectivity index (χ4v) is 3.22. The Bertz CT molecular complexity index is 608. The molecule has 1 aliphatic rings. The summed E-state index contributed by atoms with van der Waals surface area (Å²) >= 11 is 0. The highest BCUT2D eigenvalue weighted by atomic mass is 19.3. The lowest BCUT2D eigenvalue weighted by Crippen LogP contribution is -2.39. The van der Waals surface area contributed by atoms with Gasteiger partial charge in [-0.25, -0.2) is 0 Å². The molecule has 8 heteroatoms. The second kappa shape index (κ2) is 12.4. The Kier molecular flexibility index (Phi) is 9.82. The molecule has 1 heterocycles. The summed E-state index contributed by atoms with van der Waals surface area (Å²) in [5, 5.41) is 6.53. The fraction of sp³-hybridized carbons (Fsp3) is 0.650. The van der Waals surface area contributed by atoms with E-state index >= 15 is 0 Å². The zero-order valence-corrected chi connectivity index (χ0v) is 16.8. The van der Waals surface area contributed by atoms with Crippen LogP contribution in [0.15, 0.2) is 23.2 Å². The van der Waals surface area contributed by atoms with Crippen molar-refractivity contribution in [2.24, 2.45) is 4.99 Å². The Balaban J connectivity index is 1.83. The lowest BCUT2D eigenvalue weighted by Gasteiger charge is -2.25. The van der Waals surface area contributed by atoms with Gasteiger partial charge in [-0.3, -0.25) is 4.99 Å². The molecule has 1 saturated heterocycles. The maximum absolute atomic E-state index is 12.5. The third kappa shape index (κ3) is 7.88. The van der Waals surface area contributed by atoms with Crippen molar-refractivity contribution in [3.8, 4) is 11.5 Å². The average molecular weight is 398 g/mol. The van der Waals surface area contributed by atoms with Gasteiger partial charge >= 0.3 is 6.61 Å². The Morgan fingerprint density at radius 2 is 1.96 bits per heavy atom. The molecule has 28 heavy (non-hydrogen) atoms. The second-order valence-electron chi connectivity index (χ2n) is 6.70. The number of halogens is 2. The first kappa shape index (κ1) is 22.2. The fourth-order valence-electron chi connectivity index (χ4n) is 3.22. The summed E-state index contributed by atoms with van der Waals surface area (Å²) < 4.78 is 34.7. The van der Waals surface area contributed by atoms with E-state index in [4.69, 9.17) is 4.74 Å². The Morgan fingerprint density at radius 3 is 2.64 bits per heavy atom. The van der Waals surface area contributed by atoms with Crippen molar-refractivity contribution in [3.05, 3.63) is 23.8 Å². The Hall–Kier alpha value is -2.09. The minimum Gasteiger partial charge on any atom is -0.493 e. The van der Waals surface area contributed by atoms with E-state index in [9.17, 15) is 8.78 Å². The number of nitrogens with zero attached hydrogens (tertiary/aromatic N) is 2. The van der Waals surface area contributed by atoms with Crippen LogP contribution >= 0.6 is 0 Å². The molecule has 6 nitrogen and oxygen atoms in total. The molecule has 158 valence electrons. The van der Waals surface area contributed by atoms with Crippen molar-refractivity contribution in [1.29, 1.82) is 0 Å². The van der Waals surface area contributed by atoms with Crippen LogP contribution in [0.5, 0.6) is 11.5 Å². The quantitative estimate of drug-likeness (QED) is 0.469. The molecule has 0 spiro atoms. The molecule has 1 aromatic carbocycles. The topological polar surface area (TPSA) is 58.1 Å². The summed E-state index contributed by atoms with van der Waals surface area (Å²) in [6.45, 7) is 4.63. The van der Waals surface area contributed by atoms with Crippen LogP contribution in [0, 0.1) is 0 Å². The highest BCUT2D eigenvalue weighted by molar-refractivity contribution is 5.79. The van der Waals surface area contributed by atoms with Gasteiger partial charge in [-0.15, -0.1) is 0 Å². The molecule has 1 fully saturated rings. The van der Waals surface area contributed by atoms with E-state index in [-0.39, 0.29) is 5.75 Å². The van der Waals surface area contributed by atoms with E-state index in [1.807, 2.05) is 13.0 Å². The third-order valence-corrected chi connectivity index (χ3v) is 4.63. The molecular formula is C20H32F2N4O2. The third-order valence-electron chi connectivity index (χ3n) is 4.63. The van der Waals surface area contributed by atoms with E-state index in [0.29, 0.717) is 18.7 Å². The lowest BCUT2D eigenvalue weighted by atomic mass is 10.1. The summed E-state index contributed by atoms with van der Waals surface area (Å²) in [6, 6.07) is 5.08. The Morgan fingerprint density at radius 1 is 1.18 bits per heavy atom. The van der Waals surface area contributed by atoms with E-state index < -0.39 is 6.61 Å². The van der Waals surface area contributed by atoms with Gasteiger partial charge in [0.2, 0.25) is 0 Å². The largest absolute Gasteiger partial charge is 0.493 e. The molecule has 0 aromatic heterocycles. The van der Waals surface area contributed by atoms with Crippen molar-refractivity contribution in [1.82, 2.24) is 15.5 Å². The number of methoxy groups -OCH3 is 1. The molecule has 0 amide bonds. The number of aliphatic imine (C=N–C) groups is 1. The smallest absolute Gasteiger partial charge is 0.387 e. The molecule has 0 bridgehead atoms. The van der Waals surface area contributed by atoms with Gasteiger partial charge in [-0.2, -0.15) is 8.78 Å². The number of hydrogen-bond acceptors (Lipinski definition) is 4. The van der Waals surface area contributed by atoms with Gasteiger partial charge < -0.3 is 25.0 Å². The monoisotopic (exact) mass is 398 g/mol. The van der Waals surface area contributed by atoms with Crippen LogP contribution in [0.4, 0.5) is 8.78 Å². The van der Waals surface area contributed by atoms with Crippen molar-refractivity contribution in [2.45, 2.75) is 39.2 Å². The first-order valence-corrected chi connectivity index (χ1v) is 9.98. The van der Waals surface area contributed by atoms with E-state index in [1.165, 1.54) is 39.5 Å². The maximum Gasteiger partial charge on any atom is 0.387 e. The summed E-state index contributed by atoms with van der Waals surface area (Å²) in [5.41, 5.74) is 0.883. The van der Waals surface area contributed by atoms with Gasteiger partial charge in [0.05, 0.1) is 13.7 Å². The van der Waals surface area contributed by atoms with Gasteiger partial charge in [-0.05, 0) is 57.0 Å². The number of nitrogens with one attached hydrogen (secondary N) is 2. The lowest BCUT2D eigenvalue weighted by molar-refractivity contribution is -0.0512. The van der Waals surface area contributed by atoms with Crippen molar-refractivity contribution in [3.63, 3.8) is 0 Å². The number of hydrogen-bond donors (Lipinski definition) is 2. The number of piperidine rings is 1. The summed E-state index contributed by atoms with van der Waals surface area (Å²) in [4.78, 5) is 7.09. The number of guanidine groups is 1. The zero-order chi connectivity index (χ0) is 20.2. The van der Waals surface area contributed by atoms with E-state index in [2.05, 4.69) is 25.3 Å². The predicted molar refractivity (Wildman–Crippen MR) is 108 cm³/mol. The van der Waals surface area contributed by atoms with Crippen LogP contribution in [0.3, 0.4) is 0 Å². The standard InChI is InChI=1S/C20H32F2N4O2/c1-3-23-20(25-11-14-26-12-5-4-6-13-26)24-10-9-16-7-8-17(27-2)18(15-16)28-19(21)22/h7-8,15,19H,3-6,9-14H2,1-2H3,(H2,23,24,25). The number of likely N-dealkylation sites (tertiary alicyclic amines) is 1. The van der Waals surface area contributed by atoms with Crippen LogP contribution < -0.4 is 20.1 Å². The minimum absolute atomic E-state index is 0.0529. The van der Waals surface area contributed by atoms with Gasteiger partial charge in [0.25, 0.3) is 0 Å². The van der Waals surface area contributed by atoms with Crippen LogP contribution in [0.25, 0.3) is 0 Å².